The van der Waals surface area contributed by atoms with Crippen molar-refractivity contribution in [2.45, 2.75) is 32.2 Å². The lowest BCUT2D eigenvalue weighted by Gasteiger charge is -2.35. The predicted octanol–water partition coefficient (Wildman–Crippen LogP) is 0.219. The van der Waals surface area contributed by atoms with Crippen molar-refractivity contribution in [1.82, 2.24) is 10.2 Å². The topological polar surface area (TPSA) is 52.6 Å². The summed E-state index contributed by atoms with van der Waals surface area (Å²) in [5.74, 6) is 2.91. The Kier molecular flexibility index (Phi) is 6.03. The number of terminal acetylenes is 1. The molecule has 0 radical (unpaired) electrons. The van der Waals surface area contributed by atoms with E-state index in [0.29, 0.717) is 5.92 Å². The summed E-state index contributed by atoms with van der Waals surface area (Å²) >= 11 is 0. The van der Waals surface area contributed by atoms with Gasteiger partial charge in [0.25, 0.3) is 0 Å². The average molecular weight is 238 g/mol. The molecule has 17 heavy (non-hydrogen) atoms. The SMILES string of the molecule is C#CCNC(=O)C(C)N1CCCC(CCO)C1. The monoisotopic (exact) mass is 238 g/mol. The number of aliphatic hydroxyl groups is 1. The Morgan fingerprint density at radius 2 is 2.47 bits per heavy atom. The quantitative estimate of drug-likeness (QED) is 0.674. The summed E-state index contributed by atoms with van der Waals surface area (Å²) < 4.78 is 0. The number of amides is 1. The number of rotatable bonds is 5. The Bertz CT molecular complexity index is 284. The van der Waals surface area contributed by atoms with Gasteiger partial charge in [-0.25, -0.2) is 0 Å². The highest BCUT2D eigenvalue weighted by Gasteiger charge is 2.26. The van der Waals surface area contributed by atoms with E-state index in [1.807, 2.05) is 6.92 Å². The van der Waals surface area contributed by atoms with E-state index in [0.717, 1.165) is 32.4 Å². The van der Waals surface area contributed by atoms with Crippen LogP contribution in [0.1, 0.15) is 26.2 Å². The van der Waals surface area contributed by atoms with Gasteiger partial charge in [0.2, 0.25) is 5.91 Å². The van der Waals surface area contributed by atoms with Crippen LogP contribution in [-0.4, -0.2) is 48.2 Å². The zero-order chi connectivity index (χ0) is 12.7. The molecular formula is C13H22N2O2. The maximum absolute atomic E-state index is 11.8. The largest absolute Gasteiger partial charge is 0.396 e. The highest BCUT2D eigenvalue weighted by molar-refractivity contribution is 5.81. The molecule has 1 heterocycles. The fraction of sp³-hybridized carbons (Fsp3) is 0.769. The number of hydrogen-bond acceptors (Lipinski definition) is 3. The number of aliphatic hydroxyl groups excluding tert-OH is 1. The second-order valence-electron chi connectivity index (χ2n) is 4.61. The van der Waals surface area contributed by atoms with Gasteiger partial charge in [0.1, 0.15) is 0 Å². The standard InChI is InChI=1S/C13H22N2O2/c1-3-7-14-13(17)11(2)15-8-4-5-12(10-15)6-9-16/h1,11-12,16H,4-10H2,2H3,(H,14,17). The molecule has 0 aromatic heterocycles. The van der Waals surface area contributed by atoms with Gasteiger partial charge < -0.3 is 10.4 Å². The first kappa shape index (κ1) is 14.0. The Morgan fingerprint density at radius 3 is 3.12 bits per heavy atom. The van der Waals surface area contributed by atoms with Gasteiger partial charge >= 0.3 is 0 Å². The predicted molar refractivity (Wildman–Crippen MR) is 67.3 cm³/mol. The van der Waals surface area contributed by atoms with E-state index in [1.54, 1.807) is 0 Å². The molecule has 2 unspecified atom stereocenters. The van der Waals surface area contributed by atoms with Gasteiger partial charge in [-0.15, -0.1) is 6.42 Å². The molecule has 0 saturated carbocycles. The fourth-order valence-electron chi connectivity index (χ4n) is 2.32. The molecule has 4 heteroatoms. The number of likely N-dealkylation sites (tertiary alicyclic amines) is 1. The van der Waals surface area contributed by atoms with Crippen LogP contribution in [0.5, 0.6) is 0 Å². The number of nitrogens with one attached hydrogen (secondary N) is 1. The maximum atomic E-state index is 11.8. The summed E-state index contributed by atoms with van der Waals surface area (Å²) in [7, 11) is 0. The van der Waals surface area contributed by atoms with Crippen molar-refractivity contribution in [3.63, 3.8) is 0 Å². The fourth-order valence-corrected chi connectivity index (χ4v) is 2.32. The minimum atomic E-state index is -0.134. The van der Waals surface area contributed by atoms with E-state index < -0.39 is 0 Å². The van der Waals surface area contributed by atoms with Crippen LogP contribution in [-0.2, 0) is 4.79 Å². The van der Waals surface area contributed by atoms with Gasteiger partial charge in [-0.1, -0.05) is 5.92 Å². The van der Waals surface area contributed by atoms with Crippen LogP contribution >= 0.6 is 0 Å². The second-order valence-corrected chi connectivity index (χ2v) is 4.61. The van der Waals surface area contributed by atoms with E-state index in [2.05, 4.69) is 16.1 Å². The average Bonchev–Trinajstić information content (AvgIpc) is 2.35. The number of piperidine rings is 1. The third-order valence-electron chi connectivity index (χ3n) is 3.38. The van der Waals surface area contributed by atoms with Gasteiger partial charge in [0, 0.05) is 13.2 Å². The maximum Gasteiger partial charge on any atom is 0.237 e. The first-order valence-electron chi connectivity index (χ1n) is 6.25. The van der Waals surface area contributed by atoms with Gasteiger partial charge in [-0.3, -0.25) is 9.69 Å². The van der Waals surface area contributed by atoms with Crippen LogP contribution in [0, 0.1) is 18.3 Å². The van der Waals surface area contributed by atoms with Crippen molar-refractivity contribution in [3.8, 4) is 12.3 Å². The summed E-state index contributed by atoms with van der Waals surface area (Å²) in [4.78, 5) is 13.9. The van der Waals surface area contributed by atoms with Crippen molar-refractivity contribution in [2.75, 3.05) is 26.2 Å². The van der Waals surface area contributed by atoms with Gasteiger partial charge in [-0.2, -0.15) is 0 Å². The minimum absolute atomic E-state index is 0.00685. The lowest BCUT2D eigenvalue weighted by Crippen LogP contribution is -2.49. The highest BCUT2D eigenvalue weighted by atomic mass is 16.3. The second kappa shape index (κ2) is 7.31. The number of nitrogens with zero attached hydrogens (tertiary/aromatic N) is 1. The van der Waals surface area contributed by atoms with Crippen molar-refractivity contribution in [2.24, 2.45) is 5.92 Å². The Morgan fingerprint density at radius 1 is 1.71 bits per heavy atom. The van der Waals surface area contributed by atoms with Crippen LogP contribution in [0.25, 0.3) is 0 Å². The molecule has 1 saturated heterocycles. The van der Waals surface area contributed by atoms with E-state index in [4.69, 9.17) is 11.5 Å². The highest BCUT2D eigenvalue weighted by Crippen LogP contribution is 2.20. The van der Waals surface area contributed by atoms with Crippen LogP contribution in [0.2, 0.25) is 0 Å². The first-order chi connectivity index (χ1) is 8.19. The molecule has 0 aliphatic carbocycles. The Hall–Kier alpha value is -1.05. The molecule has 2 N–H and O–H groups in total. The van der Waals surface area contributed by atoms with Crippen molar-refractivity contribution in [3.05, 3.63) is 0 Å². The first-order valence-corrected chi connectivity index (χ1v) is 6.25. The normalized spacial score (nSPS) is 22.8. The molecule has 0 bridgehead atoms. The summed E-state index contributed by atoms with van der Waals surface area (Å²) in [6, 6.07) is -0.134. The minimum Gasteiger partial charge on any atom is -0.396 e. The molecule has 4 nitrogen and oxygen atoms in total. The molecule has 1 aliphatic rings. The zero-order valence-corrected chi connectivity index (χ0v) is 10.5. The molecule has 2 atom stereocenters. The van der Waals surface area contributed by atoms with Crippen LogP contribution in [0.4, 0.5) is 0 Å². The summed E-state index contributed by atoms with van der Waals surface area (Å²) in [6.07, 6.45) is 8.18. The zero-order valence-electron chi connectivity index (χ0n) is 10.5. The smallest absolute Gasteiger partial charge is 0.237 e. The Labute approximate surface area is 103 Å². The molecule has 1 fully saturated rings. The van der Waals surface area contributed by atoms with E-state index in [1.165, 1.54) is 0 Å². The molecule has 0 aromatic carbocycles. The molecule has 0 aromatic rings. The number of carbonyl (C=O) groups is 1. The van der Waals surface area contributed by atoms with Gasteiger partial charge in [-0.05, 0) is 38.6 Å². The number of hydrogen-bond donors (Lipinski definition) is 2. The third-order valence-corrected chi connectivity index (χ3v) is 3.38. The van der Waals surface area contributed by atoms with Crippen LogP contribution in [0.3, 0.4) is 0 Å². The van der Waals surface area contributed by atoms with E-state index >= 15 is 0 Å². The van der Waals surface area contributed by atoms with Crippen LogP contribution < -0.4 is 5.32 Å². The van der Waals surface area contributed by atoms with E-state index in [-0.39, 0.29) is 25.1 Å². The van der Waals surface area contributed by atoms with Crippen molar-refractivity contribution in [1.29, 1.82) is 0 Å². The van der Waals surface area contributed by atoms with E-state index in [9.17, 15) is 4.79 Å². The molecular weight excluding hydrogens is 216 g/mol. The molecule has 96 valence electrons. The lowest BCUT2D eigenvalue weighted by atomic mass is 9.94. The van der Waals surface area contributed by atoms with Crippen LogP contribution in [0.15, 0.2) is 0 Å². The number of carbonyl (C=O) groups excluding carboxylic acids is 1. The molecule has 0 spiro atoms. The lowest BCUT2D eigenvalue weighted by molar-refractivity contribution is -0.126. The summed E-state index contributed by atoms with van der Waals surface area (Å²) in [5.41, 5.74) is 0. The van der Waals surface area contributed by atoms with Crippen molar-refractivity contribution < 1.29 is 9.90 Å². The molecule has 1 aliphatic heterocycles. The Balaban J connectivity index is 2.42. The third kappa shape index (κ3) is 4.37. The molecule has 1 rings (SSSR count). The van der Waals surface area contributed by atoms with Gasteiger partial charge in [0.15, 0.2) is 0 Å². The molecule has 1 amide bonds. The summed E-state index contributed by atoms with van der Waals surface area (Å²) in [6.45, 7) is 4.28. The summed E-state index contributed by atoms with van der Waals surface area (Å²) in [5, 5.41) is 11.7. The van der Waals surface area contributed by atoms with Crippen molar-refractivity contribution >= 4 is 5.91 Å². The van der Waals surface area contributed by atoms with Gasteiger partial charge in [0.05, 0.1) is 12.6 Å².